The Kier molecular flexibility index (Phi) is 7.44. The van der Waals surface area contributed by atoms with Crippen molar-refractivity contribution in [2.45, 2.75) is 4.90 Å². The number of aromatic nitrogens is 2. The van der Waals surface area contributed by atoms with Crippen molar-refractivity contribution in [1.82, 2.24) is 9.97 Å². The topological polar surface area (TPSA) is 120 Å². The average molecular weight is 519 g/mol. The van der Waals surface area contributed by atoms with Gasteiger partial charge in [-0.3, -0.25) is 4.79 Å². The lowest BCUT2D eigenvalue weighted by Gasteiger charge is -2.10. The number of rotatable bonds is 8. The molecule has 0 aliphatic rings. The monoisotopic (exact) mass is 518 g/mol. The smallest absolute Gasteiger partial charge is 0.264 e. The Balaban J connectivity index is 1.67. The summed E-state index contributed by atoms with van der Waals surface area (Å²) in [5.74, 6) is 0.657. The summed E-state index contributed by atoms with van der Waals surface area (Å²) in [7, 11) is -0.790. The van der Waals surface area contributed by atoms with Gasteiger partial charge in [-0.2, -0.15) is 0 Å². The minimum Gasteiger partial charge on any atom is -0.493 e. The molecule has 166 valence electrons. The van der Waals surface area contributed by atoms with E-state index < -0.39 is 10.0 Å². The molecule has 0 radical (unpaired) electrons. The Morgan fingerprint density at radius 1 is 1.06 bits per heavy atom. The fourth-order valence-corrected chi connectivity index (χ4v) is 4.22. The van der Waals surface area contributed by atoms with E-state index in [2.05, 4.69) is 35.9 Å². The molecule has 1 amide bonds. The molecule has 0 unspecified atom stereocenters. The highest BCUT2D eigenvalue weighted by Crippen LogP contribution is 2.36. The lowest BCUT2D eigenvalue weighted by molar-refractivity contribution is -0.111. The van der Waals surface area contributed by atoms with Crippen molar-refractivity contribution in [2.75, 3.05) is 24.3 Å². The first kappa shape index (κ1) is 23.2. The number of anilines is 2. The molecule has 3 rings (SSSR count). The summed E-state index contributed by atoms with van der Waals surface area (Å²) in [6.07, 6.45) is 5.83. The number of nitrogens with zero attached hydrogens (tertiary/aromatic N) is 2. The highest BCUT2D eigenvalue weighted by atomic mass is 79.9. The van der Waals surface area contributed by atoms with Gasteiger partial charge in [0.05, 0.1) is 23.6 Å². The lowest BCUT2D eigenvalue weighted by Crippen LogP contribution is -2.15. The molecule has 2 N–H and O–H groups in total. The first-order chi connectivity index (χ1) is 15.3. The number of sulfonamides is 1. The minimum atomic E-state index is -3.85. The Bertz CT molecular complexity index is 1230. The third-order valence-corrected chi connectivity index (χ3v) is 6.04. The third kappa shape index (κ3) is 5.83. The lowest BCUT2D eigenvalue weighted by atomic mass is 10.2. The van der Waals surface area contributed by atoms with E-state index >= 15 is 0 Å². The molecule has 11 heteroatoms. The van der Waals surface area contributed by atoms with E-state index in [9.17, 15) is 13.2 Å². The molecule has 2 aromatic carbocycles. The molecule has 0 saturated carbocycles. The van der Waals surface area contributed by atoms with Crippen LogP contribution in [0.2, 0.25) is 0 Å². The molecular weight excluding hydrogens is 500 g/mol. The van der Waals surface area contributed by atoms with Crippen LogP contribution in [0.4, 0.5) is 11.6 Å². The van der Waals surface area contributed by atoms with Gasteiger partial charge in [-0.25, -0.2) is 23.1 Å². The summed E-state index contributed by atoms with van der Waals surface area (Å²) >= 11 is 3.40. The molecule has 0 bridgehead atoms. The average Bonchev–Trinajstić information content (AvgIpc) is 2.78. The number of hydrogen-bond donors (Lipinski definition) is 2. The molecule has 1 heterocycles. The Morgan fingerprint density at radius 2 is 1.75 bits per heavy atom. The van der Waals surface area contributed by atoms with Crippen molar-refractivity contribution in [3.8, 4) is 11.5 Å². The van der Waals surface area contributed by atoms with Crippen LogP contribution in [0, 0.1) is 0 Å². The molecular formula is C21H19BrN4O5S. The van der Waals surface area contributed by atoms with Crippen LogP contribution in [-0.4, -0.2) is 38.5 Å². The highest BCUT2D eigenvalue weighted by Gasteiger charge is 2.15. The summed E-state index contributed by atoms with van der Waals surface area (Å²) in [6, 6.07) is 10.8. The maximum atomic E-state index is 12.4. The van der Waals surface area contributed by atoms with Crippen molar-refractivity contribution in [3.05, 3.63) is 71.0 Å². The maximum Gasteiger partial charge on any atom is 0.264 e. The number of methoxy groups -OCH3 is 2. The SMILES string of the molecule is COc1cc(/C=C/C(=O)Nc2ccc(S(=O)(=O)Nc3ncccn3)cc2)cc(Br)c1OC. The van der Waals surface area contributed by atoms with Crippen molar-refractivity contribution < 1.29 is 22.7 Å². The molecule has 32 heavy (non-hydrogen) atoms. The summed E-state index contributed by atoms with van der Waals surface area (Å²) in [4.78, 5) is 19.9. The second-order valence-corrected chi connectivity index (χ2v) is 8.80. The minimum absolute atomic E-state index is 0.00803. The summed E-state index contributed by atoms with van der Waals surface area (Å²) in [6.45, 7) is 0. The Labute approximate surface area is 193 Å². The zero-order valence-corrected chi connectivity index (χ0v) is 19.5. The molecule has 0 atom stereocenters. The van der Waals surface area contributed by atoms with E-state index in [0.717, 1.165) is 5.56 Å². The standard InChI is InChI=1S/C21H19BrN4O5S/c1-30-18-13-14(12-17(22)20(18)31-2)4-9-19(27)25-15-5-7-16(8-6-15)32(28,29)26-21-23-10-3-11-24-21/h3-13H,1-2H3,(H,25,27)(H,23,24,26)/b9-4+. The van der Waals surface area contributed by atoms with Gasteiger partial charge in [0.1, 0.15) is 0 Å². The number of ether oxygens (including phenoxy) is 2. The summed E-state index contributed by atoms with van der Waals surface area (Å²) in [5, 5.41) is 2.67. The van der Waals surface area contributed by atoms with E-state index in [-0.39, 0.29) is 16.8 Å². The number of amides is 1. The van der Waals surface area contributed by atoms with Gasteiger partial charge in [0.2, 0.25) is 11.9 Å². The van der Waals surface area contributed by atoms with Crippen molar-refractivity contribution in [1.29, 1.82) is 0 Å². The predicted molar refractivity (Wildman–Crippen MR) is 124 cm³/mol. The number of carbonyl (C=O) groups is 1. The number of halogens is 1. The van der Waals surface area contributed by atoms with Crippen LogP contribution in [0.25, 0.3) is 6.08 Å². The molecule has 0 fully saturated rings. The van der Waals surface area contributed by atoms with E-state index in [1.807, 2.05) is 0 Å². The van der Waals surface area contributed by atoms with Gasteiger partial charge in [0.25, 0.3) is 10.0 Å². The van der Waals surface area contributed by atoms with Gasteiger partial charge in [-0.1, -0.05) is 0 Å². The van der Waals surface area contributed by atoms with Gasteiger partial charge >= 0.3 is 0 Å². The quantitative estimate of drug-likeness (QED) is 0.436. The molecule has 0 aliphatic carbocycles. The molecule has 1 aromatic heterocycles. The van der Waals surface area contributed by atoms with Crippen LogP contribution in [0.3, 0.4) is 0 Å². The van der Waals surface area contributed by atoms with Crippen LogP contribution in [-0.2, 0) is 14.8 Å². The molecule has 9 nitrogen and oxygen atoms in total. The van der Waals surface area contributed by atoms with Crippen molar-refractivity contribution in [3.63, 3.8) is 0 Å². The number of hydrogen-bond acceptors (Lipinski definition) is 7. The van der Waals surface area contributed by atoms with Crippen LogP contribution < -0.4 is 19.5 Å². The Morgan fingerprint density at radius 3 is 2.38 bits per heavy atom. The zero-order valence-electron chi connectivity index (χ0n) is 17.1. The largest absolute Gasteiger partial charge is 0.493 e. The van der Waals surface area contributed by atoms with E-state index in [0.29, 0.717) is 21.7 Å². The van der Waals surface area contributed by atoms with Gasteiger partial charge in [0, 0.05) is 24.2 Å². The van der Waals surface area contributed by atoms with Crippen LogP contribution in [0.5, 0.6) is 11.5 Å². The summed E-state index contributed by atoms with van der Waals surface area (Å²) < 4.78 is 38.3. The van der Waals surface area contributed by atoms with Crippen LogP contribution in [0.1, 0.15) is 5.56 Å². The summed E-state index contributed by atoms with van der Waals surface area (Å²) in [5.41, 5.74) is 1.16. The van der Waals surface area contributed by atoms with Crippen molar-refractivity contribution in [2.24, 2.45) is 0 Å². The van der Waals surface area contributed by atoms with Crippen LogP contribution >= 0.6 is 15.9 Å². The van der Waals surface area contributed by atoms with Gasteiger partial charge in [0.15, 0.2) is 11.5 Å². The molecule has 0 saturated heterocycles. The third-order valence-electron chi connectivity index (χ3n) is 4.11. The number of carbonyl (C=O) groups excluding carboxylic acids is 1. The van der Waals surface area contributed by atoms with Gasteiger partial charge in [-0.15, -0.1) is 0 Å². The normalized spacial score (nSPS) is 11.2. The first-order valence-electron chi connectivity index (χ1n) is 9.13. The Hall–Kier alpha value is -3.44. The van der Waals surface area contributed by atoms with E-state index in [4.69, 9.17) is 9.47 Å². The highest BCUT2D eigenvalue weighted by molar-refractivity contribution is 9.10. The van der Waals surface area contributed by atoms with E-state index in [1.54, 1.807) is 24.3 Å². The first-order valence-corrected chi connectivity index (χ1v) is 11.4. The number of nitrogens with one attached hydrogen (secondary N) is 2. The van der Waals surface area contributed by atoms with E-state index in [1.165, 1.54) is 57.0 Å². The molecule has 3 aromatic rings. The van der Waals surface area contributed by atoms with Crippen LogP contribution in [0.15, 0.2) is 70.3 Å². The number of benzene rings is 2. The fourth-order valence-electron chi connectivity index (χ4n) is 2.64. The predicted octanol–water partition coefficient (Wildman–Crippen LogP) is 3.71. The van der Waals surface area contributed by atoms with Gasteiger partial charge < -0.3 is 14.8 Å². The maximum absolute atomic E-state index is 12.4. The second kappa shape index (κ2) is 10.2. The van der Waals surface area contributed by atoms with Crippen molar-refractivity contribution >= 4 is 49.6 Å². The molecule has 0 spiro atoms. The molecule has 0 aliphatic heterocycles. The fraction of sp³-hybridized carbons (Fsp3) is 0.0952. The van der Waals surface area contributed by atoms with Gasteiger partial charge in [-0.05, 0) is 70.0 Å². The zero-order chi connectivity index (χ0) is 23.1. The second-order valence-electron chi connectivity index (χ2n) is 6.26.